The maximum Gasteiger partial charge on any atom is 0.294 e. The molecule has 0 saturated heterocycles. The zero-order chi connectivity index (χ0) is 14.0. The molecule has 0 atom stereocenters. The fourth-order valence-electron chi connectivity index (χ4n) is 1.48. The Morgan fingerprint density at radius 1 is 1.39 bits per heavy atom. The second-order valence-electron chi connectivity index (χ2n) is 5.31. The molecule has 0 amide bonds. The van der Waals surface area contributed by atoms with Crippen LogP contribution in [0, 0.1) is 5.41 Å². The summed E-state index contributed by atoms with van der Waals surface area (Å²) in [5.41, 5.74) is 0.885. The van der Waals surface area contributed by atoms with Crippen LogP contribution in [0.5, 0.6) is 0 Å². The summed E-state index contributed by atoms with van der Waals surface area (Å²) in [7, 11) is -3.85. The molecule has 0 aliphatic rings. The fraction of sp³-hybridized carbons (Fsp3) is 0.385. The van der Waals surface area contributed by atoms with Gasteiger partial charge < -0.3 is 0 Å². The lowest BCUT2D eigenvalue weighted by molar-refractivity contribution is 0.467. The molecule has 2 radical (unpaired) electrons. The molecular weight excluding hydrogens is 264 g/mol. The quantitative estimate of drug-likeness (QED) is 0.681. The highest BCUT2D eigenvalue weighted by Crippen LogP contribution is 2.19. The molecule has 0 aliphatic heterocycles. The zero-order valence-corrected chi connectivity index (χ0v) is 12.7. The van der Waals surface area contributed by atoms with E-state index in [-0.39, 0.29) is 10.3 Å². The second-order valence-corrected chi connectivity index (χ2v) is 7.91. The first kappa shape index (κ1) is 15.1. The molecule has 5 heteroatoms. The Bertz CT molecular complexity index is 542. The maximum absolute atomic E-state index is 11.4. The van der Waals surface area contributed by atoms with Gasteiger partial charge in [-0.2, -0.15) is 8.42 Å². The van der Waals surface area contributed by atoms with Gasteiger partial charge in [-0.15, -0.1) is 0 Å². The highest BCUT2D eigenvalue weighted by molar-refractivity contribution is 7.86. The normalized spacial score (nSPS) is 12.4. The molecule has 0 unspecified atom stereocenters. The van der Waals surface area contributed by atoms with E-state index < -0.39 is 10.1 Å². The third-order valence-corrected chi connectivity index (χ3v) is 5.58. The van der Waals surface area contributed by atoms with Crippen molar-refractivity contribution in [1.82, 2.24) is 0 Å². The van der Waals surface area contributed by atoms with Gasteiger partial charge in [-0.05, 0) is 22.2 Å². The van der Waals surface area contributed by atoms with Gasteiger partial charge in [0, 0.05) is 0 Å². The van der Waals surface area contributed by atoms with E-state index in [1.165, 1.54) is 6.07 Å². The van der Waals surface area contributed by atoms with Crippen LogP contribution < -0.4 is 5.19 Å². The molecular formula is C13H18O3SSi. The molecule has 18 heavy (non-hydrogen) atoms. The van der Waals surface area contributed by atoms with Crippen molar-refractivity contribution >= 4 is 30.9 Å². The summed E-state index contributed by atoms with van der Waals surface area (Å²) < 4.78 is 32.0. The smallest absolute Gasteiger partial charge is 0.282 e. The molecule has 0 aliphatic carbocycles. The SMILES string of the molecule is C=Cc1cccc(S(=O)(=O)O)c1[Si]CC(C)(C)C. The fourth-order valence-corrected chi connectivity index (χ4v) is 4.06. The van der Waals surface area contributed by atoms with Crippen LogP contribution in [0.1, 0.15) is 26.3 Å². The van der Waals surface area contributed by atoms with Crippen LogP contribution >= 0.6 is 0 Å². The first-order valence-electron chi connectivity index (χ1n) is 5.62. The molecule has 98 valence electrons. The first-order valence-corrected chi connectivity index (χ1v) is 8.27. The van der Waals surface area contributed by atoms with Gasteiger partial charge in [-0.3, -0.25) is 4.55 Å². The Labute approximate surface area is 111 Å². The van der Waals surface area contributed by atoms with Crippen LogP contribution in [-0.4, -0.2) is 22.5 Å². The molecule has 3 nitrogen and oxygen atoms in total. The van der Waals surface area contributed by atoms with E-state index in [4.69, 9.17) is 0 Å². The highest BCUT2D eigenvalue weighted by Gasteiger charge is 2.20. The minimum absolute atomic E-state index is 0.00230. The van der Waals surface area contributed by atoms with E-state index in [1.807, 2.05) is 6.07 Å². The number of rotatable bonds is 4. The summed E-state index contributed by atoms with van der Waals surface area (Å²) in [5.74, 6) is 0. The van der Waals surface area contributed by atoms with Crippen LogP contribution in [0.2, 0.25) is 6.04 Å². The van der Waals surface area contributed by atoms with Crippen LogP contribution in [-0.2, 0) is 10.1 Å². The van der Waals surface area contributed by atoms with E-state index in [0.29, 0.717) is 14.7 Å². The molecule has 1 rings (SSSR count). The Kier molecular flexibility index (Phi) is 4.53. The Morgan fingerprint density at radius 2 is 2.00 bits per heavy atom. The van der Waals surface area contributed by atoms with Crippen molar-refractivity contribution in [3.8, 4) is 0 Å². The molecule has 0 spiro atoms. The topological polar surface area (TPSA) is 54.4 Å². The van der Waals surface area contributed by atoms with E-state index >= 15 is 0 Å². The van der Waals surface area contributed by atoms with Crippen LogP contribution in [0.4, 0.5) is 0 Å². The van der Waals surface area contributed by atoms with Crippen molar-refractivity contribution in [2.45, 2.75) is 31.7 Å². The summed E-state index contributed by atoms with van der Waals surface area (Å²) in [5, 5.41) is 0.671. The summed E-state index contributed by atoms with van der Waals surface area (Å²) in [6.45, 7) is 9.99. The van der Waals surface area contributed by atoms with Gasteiger partial charge in [0.2, 0.25) is 0 Å². The average Bonchev–Trinajstić information content (AvgIpc) is 2.23. The summed E-state index contributed by atoms with van der Waals surface area (Å²) in [6.07, 6.45) is 1.62. The summed E-state index contributed by atoms with van der Waals surface area (Å²) in [6, 6.07) is 5.73. The largest absolute Gasteiger partial charge is 0.294 e. The number of benzene rings is 1. The molecule has 0 fully saturated rings. The maximum atomic E-state index is 11.4. The van der Waals surface area contributed by atoms with Crippen LogP contribution in [0.25, 0.3) is 6.08 Å². The van der Waals surface area contributed by atoms with Crippen molar-refractivity contribution in [1.29, 1.82) is 0 Å². The van der Waals surface area contributed by atoms with Gasteiger partial charge in [0.1, 0.15) is 0 Å². The summed E-state index contributed by atoms with van der Waals surface area (Å²) in [4.78, 5) is 0.00230. The van der Waals surface area contributed by atoms with Gasteiger partial charge in [0.15, 0.2) is 0 Å². The molecule has 1 aromatic rings. The lowest BCUT2D eigenvalue weighted by Crippen LogP contribution is -2.27. The third-order valence-electron chi connectivity index (χ3n) is 2.35. The monoisotopic (exact) mass is 282 g/mol. The average molecular weight is 282 g/mol. The van der Waals surface area contributed by atoms with Gasteiger partial charge in [0.25, 0.3) is 10.1 Å². The third kappa shape index (κ3) is 4.08. The molecule has 1 aromatic carbocycles. The first-order chi connectivity index (χ1) is 8.15. The van der Waals surface area contributed by atoms with Crippen molar-refractivity contribution in [3.05, 3.63) is 30.3 Å². The molecule has 0 heterocycles. The number of hydrogen-bond acceptors (Lipinski definition) is 2. The van der Waals surface area contributed by atoms with Crippen molar-refractivity contribution < 1.29 is 13.0 Å². The standard InChI is InChI=1S/C13H18O3SSi/c1-5-10-7-6-8-11(17(14,15)16)12(10)18-9-13(2,3)4/h5-8H,1,9H2,2-4H3,(H,14,15,16). The molecule has 0 aromatic heterocycles. The molecule has 0 saturated carbocycles. The van der Waals surface area contributed by atoms with Crippen molar-refractivity contribution in [2.75, 3.05) is 0 Å². The highest BCUT2D eigenvalue weighted by atomic mass is 32.2. The van der Waals surface area contributed by atoms with Gasteiger partial charge in [-0.1, -0.05) is 51.6 Å². The van der Waals surface area contributed by atoms with Crippen molar-refractivity contribution in [2.24, 2.45) is 5.41 Å². The van der Waals surface area contributed by atoms with E-state index in [9.17, 15) is 13.0 Å². The van der Waals surface area contributed by atoms with Crippen LogP contribution in [0.15, 0.2) is 29.7 Å². The second kappa shape index (κ2) is 5.38. The van der Waals surface area contributed by atoms with E-state index in [0.717, 1.165) is 11.6 Å². The lowest BCUT2D eigenvalue weighted by Gasteiger charge is -2.19. The van der Waals surface area contributed by atoms with Crippen LogP contribution in [0.3, 0.4) is 0 Å². The lowest BCUT2D eigenvalue weighted by atomic mass is 10.0. The number of hydrogen-bond donors (Lipinski definition) is 1. The molecule has 1 N–H and O–H groups in total. The van der Waals surface area contributed by atoms with E-state index in [2.05, 4.69) is 27.4 Å². The van der Waals surface area contributed by atoms with Crippen molar-refractivity contribution in [3.63, 3.8) is 0 Å². The Hall–Kier alpha value is -0.913. The zero-order valence-electron chi connectivity index (χ0n) is 10.9. The summed E-state index contributed by atoms with van der Waals surface area (Å²) >= 11 is 0. The predicted octanol–water partition coefficient (Wildman–Crippen LogP) is 2.37. The predicted molar refractivity (Wildman–Crippen MR) is 76.0 cm³/mol. The Balaban J connectivity index is 3.25. The Morgan fingerprint density at radius 3 is 2.44 bits per heavy atom. The van der Waals surface area contributed by atoms with Gasteiger partial charge in [0.05, 0.1) is 14.4 Å². The minimum atomic E-state index is -4.17. The van der Waals surface area contributed by atoms with Gasteiger partial charge >= 0.3 is 0 Å². The molecule has 0 bridgehead atoms. The van der Waals surface area contributed by atoms with Gasteiger partial charge in [-0.25, -0.2) is 0 Å². The minimum Gasteiger partial charge on any atom is -0.282 e. The van der Waals surface area contributed by atoms with E-state index in [1.54, 1.807) is 12.1 Å².